The number of imidazole rings is 3. The molecule has 5 aromatic heterocycles. The zero-order valence-corrected chi connectivity index (χ0v) is 49.0. The first-order valence-electron chi connectivity index (χ1n) is 24.8. The number of fused-ring (bicyclic) bond motifs is 3. The van der Waals surface area contributed by atoms with Crippen LogP contribution >= 0.6 is 39.1 Å². The van der Waals surface area contributed by atoms with Crippen molar-refractivity contribution in [1.82, 2.24) is 43.6 Å². The van der Waals surface area contributed by atoms with Crippen molar-refractivity contribution in [3.8, 4) is 0 Å². The molecular weight excluding hydrogens is 1250 g/mol. The number of methoxy groups -OCH3 is 2. The fourth-order valence-electron chi connectivity index (χ4n) is 9.79. The first kappa shape index (κ1) is 64.5. The van der Waals surface area contributed by atoms with Gasteiger partial charge < -0.3 is 80.7 Å². The molecule has 4 aliphatic heterocycles. The van der Waals surface area contributed by atoms with Crippen molar-refractivity contribution in [3.05, 3.63) is 51.0 Å². The Morgan fingerprint density at radius 3 is 1.99 bits per heavy atom. The van der Waals surface area contributed by atoms with E-state index in [0.717, 1.165) is 23.6 Å². The summed E-state index contributed by atoms with van der Waals surface area (Å²) in [5, 5.41) is 33.2. The van der Waals surface area contributed by atoms with Crippen molar-refractivity contribution in [2.75, 3.05) is 52.1 Å². The molecule has 0 aromatic carbocycles. The van der Waals surface area contributed by atoms with Crippen LogP contribution in [0.15, 0.2) is 39.1 Å². The van der Waals surface area contributed by atoms with Crippen LogP contribution < -0.4 is 32.9 Å². The van der Waals surface area contributed by atoms with Gasteiger partial charge in [0.05, 0.1) is 51.3 Å². The molecular formula is C39H58N14O27P5+. The third-order valence-corrected chi connectivity index (χ3v) is 20.5. The molecule has 0 aliphatic carbocycles. The van der Waals surface area contributed by atoms with E-state index in [1.54, 1.807) is 0 Å². The molecule has 4 aliphatic rings. The Kier molecular flexibility index (Phi) is 18.9. The van der Waals surface area contributed by atoms with Crippen LogP contribution in [0.4, 0.5) is 17.7 Å². The van der Waals surface area contributed by atoms with Crippen LogP contribution in [0.3, 0.4) is 0 Å². The summed E-state index contributed by atoms with van der Waals surface area (Å²) in [6, 6.07) is 0. The Bertz CT molecular complexity index is 3760. The number of nitrogens with two attached hydrogens (primary N) is 3. The lowest BCUT2D eigenvalue weighted by molar-refractivity contribution is -0.745. The minimum atomic E-state index is -6.44. The largest absolute Gasteiger partial charge is 0.490 e. The number of rotatable bonds is 25. The molecule has 46 heteroatoms. The average molecular weight is 1310 g/mol. The van der Waals surface area contributed by atoms with Crippen LogP contribution in [-0.4, -0.2) is 179 Å². The van der Waals surface area contributed by atoms with E-state index in [1.807, 2.05) is 6.92 Å². The smallest absolute Gasteiger partial charge is 0.397 e. The quantitative estimate of drug-likeness (QED) is 0.0230. The Morgan fingerprint density at radius 2 is 1.33 bits per heavy atom. The summed E-state index contributed by atoms with van der Waals surface area (Å²) >= 11 is 0. The van der Waals surface area contributed by atoms with E-state index in [1.165, 1.54) is 46.7 Å². The maximum Gasteiger partial charge on any atom is 0.490 e. The molecule has 0 saturated carbocycles. The predicted molar refractivity (Wildman–Crippen MR) is 281 cm³/mol. The number of hydrogen-bond donors (Lipinski definition) is 13. The molecule has 3 fully saturated rings. The number of aliphatic imine (C=N–C) groups is 1. The van der Waals surface area contributed by atoms with Gasteiger partial charge in [0.15, 0.2) is 35.8 Å². The Hall–Kier alpha value is -4.93. The number of ether oxygens (including phenoxy) is 5. The number of nitrogens with zero attached hydrogens (tertiary/aromatic N) is 9. The van der Waals surface area contributed by atoms with Gasteiger partial charge in [-0.3, -0.25) is 51.4 Å². The molecule has 41 nitrogen and oxygen atoms in total. The van der Waals surface area contributed by atoms with Crippen LogP contribution in [0.2, 0.25) is 0 Å². The molecule has 9 heterocycles. The van der Waals surface area contributed by atoms with Crippen LogP contribution in [0, 0.1) is 5.92 Å². The number of nitrogen functional groups attached to an aromatic ring is 2. The molecule has 5 aromatic rings. The molecule has 85 heavy (non-hydrogen) atoms. The van der Waals surface area contributed by atoms with Crippen molar-refractivity contribution in [2.24, 2.45) is 23.7 Å². The highest BCUT2D eigenvalue weighted by molar-refractivity contribution is 7.69. The topological polar surface area (TPSA) is 584 Å². The zero-order valence-electron chi connectivity index (χ0n) is 44.5. The van der Waals surface area contributed by atoms with Gasteiger partial charge in [-0.15, -0.1) is 0 Å². The third-order valence-electron chi connectivity index (χ3n) is 13.6. The third kappa shape index (κ3) is 13.9. The van der Waals surface area contributed by atoms with Gasteiger partial charge in [0.2, 0.25) is 17.7 Å². The van der Waals surface area contributed by atoms with Crippen molar-refractivity contribution in [1.29, 1.82) is 0 Å². The minimum absolute atomic E-state index is 0.00416. The first-order chi connectivity index (χ1) is 39.9. The van der Waals surface area contributed by atoms with Gasteiger partial charge in [0, 0.05) is 39.4 Å². The molecule has 0 bridgehead atoms. The van der Waals surface area contributed by atoms with Crippen LogP contribution in [0.25, 0.3) is 28.0 Å². The van der Waals surface area contributed by atoms with Gasteiger partial charge >= 0.3 is 44.8 Å². The van der Waals surface area contributed by atoms with Crippen molar-refractivity contribution < 1.29 is 122 Å². The number of phosphoric ester groups is 3. The van der Waals surface area contributed by atoms with E-state index < -0.39 is 143 Å². The van der Waals surface area contributed by atoms with Crippen molar-refractivity contribution in [3.63, 3.8) is 0 Å². The summed E-state index contributed by atoms with van der Waals surface area (Å²) in [6.45, 7) is -1.49. The Morgan fingerprint density at radius 1 is 0.729 bits per heavy atom. The van der Waals surface area contributed by atoms with E-state index >= 15 is 0 Å². The summed E-state index contributed by atoms with van der Waals surface area (Å²) in [6.07, 6.45) is -11.9. The minimum Gasteiger partial charge on any atom is -0.397 e. The lowest BCUT2D eigenvalue weighted by Gasteiger charge is -2.26. The molecule has 5 unspecified atom stereocenters. The van der Waals surface area contributed by atoms with Crippen LogP contribution in [0.1, 0.15) is 50.6 Å². The molecule has 470 valence electrons. The van der Waals surface area contributed by atoms with Gasteiger partial charge in [-0.1, -0.05) is 11.9 Å². The summed E-state index contributed by atoms with van der Waals surface area (Å²) < 4.78 is 133. The second-order valence-corrected chi connectivity index (χ2v) is 26.7. The average Bonchev–Trinajstić information content (AvgIpc) is 2.26. The van der Waals surface area contributed by atoms with Gasteiger partial charge in [0.25, 0.3) is 17.1 Å². The molecule has 0 radical (unpaired) electrons. The van der Waals surface area contributed by atoms with Gasteiger partial charge in [-0.25, -0.2) is 42.4 Å². The van der Waals surface area contributed by atoms with E-state index in [4.69, 9.17) is 59.0 Å². The van der Waals surface area contributed by atoms with Gasteiger partial charge in [-0.05, 0) is 18.4 Å². The second kappa shape index (κ2) is 24.9. The number of aromatic nitrogens is 10. The predicted octanol–water partition coefficient (Wildman–Crippen LogP) is -1.64. The number of nitrogens with one attached hydrogen (secondary N) is 2. The standard InChI is InChI=1S/C39H57N14O27P5/c1-5-16-6-8-43-30-22(21(16)40)44-13-51(30)37-29(70-4)28(77-81(59,60)71-11-19-26(55)27(56)36(75-19)52-14-45-23-31(52)46-38(41)48-33(23)57)20(76-37)12-73-83(63,64)79-85(67,68)80-84(65,66)78-82(61,62)72-10-18-17(7-9-69-3)25(54)35(74-18)53-15-50(2)24-32(53)47-39(42)49-34(24)58/h8,13-15,17-20,25-29,35-37,54-56H,5-7,9-12,40H2,1-4H3,(H10-,41,42,46,47,48,49,57,58,59,60,61,62,63,64,65,66,67,68)/p+1/t17-,18-,19-,20-,25-,26-,27-,28-,29-,35-,36-,37-/m1/s1. The monoisotopic (exact) mass is 1310 g/mol. The SMILES string of the molecule is CCC1=C(N)c2ncn([C@@H]3O[C@H](COP(=O)(O)OP(=O)(O)OP(=O)(O)OP(=O)(O)OC[C@H]4O[C@@H]([n+]5cn(C)c6c(=O)[nH]c(N)nc65)[C@H](O)[C@@H]4CCOC)[C@@H](OP(=O)(O)OC[C@H]4O[C@@H](n5cnc6c(=O)[nH]c(N)nc65)[C@H](O)[C@@H]4O)[C@H]3OC)c2N=CC1. The van der Waals surface area contributed by atoms with E-state index in [0.29, 0.717) is 12.8 Å². The van der Waals surface area contributed by atoms with E-state index in [-0.39, 0.29) is 64.5 Å². The normalized spacial score (nSPS) is 29.8. The number of aliphatic hydroxyl groups is 3. The molecule has 0 amide bonds. The highest BCUT2D eigenvalue weighted by atomic mass is 31.3. The van der Waals surface area contributed by atoms with Crippen molar-refractivity contribution in [2.45, 2.75) is 93.7 Å². The molecule has 9 rings (SSSR count). The molecule has 17 atom stereocenters. The lowest BCUT2D eigenvalue weighted by atomic mass is 9.95. The maximum atomic E-state index is 13.8. The summed E-state index contributed by atoms with van der Waals surface area (Å²) in [5.41, 5.74) is 17.3. The van der Waals surface area contributed by atoms with Crippen molar-refractivity contribution >= 4 is 91.1 Å². The number of H-pyrrole nitrogens is 2. The fourth-order valence-corrected chi connectivity index (χ4v) is 15.7. The van der Waals surface area contributed by atoms with E-state index in [2.05, 4.69) is 47.8 Å². The van der Waals surface area contributed by atoms with Crippen LogP contribution in [0.5, 0.6) is 0 Å². The summed E-state index contributed by atoms with van der Waals surface area (Å²) in [5.74, 6) is -1.52. The highest BCUT2D eigenvalue weighted by Crippen LogP contribution is 2.71. The van der Waals surface area contributed by atoms with Gasteiger partial charge in [-0.2, -0.15) is 17.9 Å². The summed E-state index contributed by atoms with van der Waals surface area (Å²) in [4.78, 5) is 104. The molecule has 3 saturated heterocycles. The maximum absolute atomic E-state index is 13.8. The number of aromatic amines is 2. The fraction of sp³-hybridized carbons (Fsp3) is 0.590. The molecule has 0 spiro atoms. The van der Waals surface area contributed by atoms with Gasteiger partial charge in [0.1, 0.15) is 48.4 Å². The summed E-state index contributed by atoms with van der Waals surface area (Å²) in [7, 11) is -26.4. The number of anilines is 2. The number of aryl methyl sites for hydroxylation is 1. The highest BCUT2D eigenvalue weighted by Gasteiger charge is 2.54. The number of allylic oxidation sites excluding steroid dienone is 1. The number of hydrogen-bond acceptors (Lipinski definition) is 30. The number of phosphoric acid groups is 5. The Labute approximate surface area is 475 Å². The lowest BCUT2D eigenvalue weighted by Crippen LogP contribution is -2.45. The number of aliphatic hydroxyl groups excluding tert-OH is 3. The Balaban J connectivity index is 0.871. The molecule has 16 N–H and O–H groups in total. The van der Waals surface area contributed by atoms with Crippen LogP contribution in [-0.2, 0) is 84.6 Å². The van der Waals surface area contributed by atoms with E-state index in [9.17, 15) is 72.2 Å². The second-order valence-electron chi connectivity index (χ2n) is 19.1. The zero-order chi connectivity index (χ0) is 61.9. The first-order valence-corrected chi connectivity index (χ1v) is 32.3.